The van der Waals surface area contributed by atoms with Gasteiger partial charge in [-0.3, -0.25) is 0 Å². The van der Waals surface area contributed by atoms with Crippen LogP contribution in [0, 0.1) is 11.3 Å². The summed E-state index contributed by atoms with van der Waals surface area (Å²) in [5.74, 6) is 0. The van der Waals surface area contributed by atoms with E-state index < -0.39 is 5.60 Å². The molecule has 2 aliphatic heterocycles. The monoisotopic (exact) mass is 208 g/mol. The predicted octanol–water partition coefficient (Wildman–Crippen LogP) is 1.67. The first-order chi connectivity index (χ1) is 7.14. The molecule has 0 aromatic carbocycles. The first-order valence-electron chi connectivity index (χ1n) is 5.96. The summed E-state index contributed by atoms with van der Waals surface area (Å²) in [4.78, 5) is 2.43. The Morgan fingerprint density at radius 3 is 2.53 bits per heavy atom. The van der Waals surface area contributed by atoms with E-state index in [0.717, 1.165) is 12.8 Å². The number of hydrogen-bond donors (Lipinski definition) is 1. The van der Waals surface area contributed by atoms with Crippen LogP contribution in [0.15, 0.2) is 0 Å². The van der Waals surface area contributed by atoms with Crippen molar-refractivity contribution in [3.63, 3.8) is 0 Å². The molecule has 1 N–H and O–H groups in total. The van der Waals surface area contributed by atoms with Gasteiger partial charge < -0.3 is 10.0 Å². The summed E-state index contributed by atoms with van der Waals surface area (Å²) in [6.45, 7) is 0. The van der Waals surface area contributed by atoms with Crippen molar-refractivity contribution >= 4 is 0 Å². The number of nitrogens with zero attached hydrogens (tertiary/aromatic N) is 2. The van der Waals surface area contributed by atoms with Gasteiger partial charge in [0.1, 0.15) is 0 Å². The smallest absolute Gasteiger partial charge is 0.0687 e. The molecule has 2 atom stereocenters. The van der Waals surface area contributed by atoms with E-state index in [1.54, 1.807) is 0 Å². The molecule has 0 amide bonds. The number of fused-ring (bicyclic) bond motifs is 2. The van der Waals surface area contributed by atoms with Crippen LogP contribution < -0.4 is 0 Å². The minimum absolute atomic E-state index is 0.486. The molecule has 84 valence electrons. The van der Waals surface area contributed by atoms with Gasteiger partial charge in [-0.25, -0.2) is 0 Å². The van der Waals surface area contributed by atoms with Crippen molar-refractivity contribution in [3.8, 4) is 6.07 Å². The Morgan fingerprint density at radius 1 is 1.40 bits per heavy atom. The highest BCUT2D eigenvalue weighted by Gasteiger charge is 2.43. The topological polar surface area (TPSA) is 47.3 Å². The van der Waals surface area contributed by atoms with E-state index in [9.17, 15) is 5.11 Å². The Bertz CT molecular complexity index is 257. The van der Waals surface area contributed by atoms with Crippen molar-refractivity contribution in [1.82, 2.24) is 4.90 Å². The average Bonchev–Trinajstić information content (AvgIpc) is 2.18. The van der Waals surface area contributed by atoms with Crippen LogP contribution in [-0.4, -0.2) is 34.7 Å². The second kappa shape index (κ2) is 4.11. The summed E-state index contributed by atoms with van der Waals surface area (Å²) in [7, 11) is 2.18. The van der Waals surface area contributed by atoms with Crippen LogP contribution in [0.4, 0.5) is 0 Å². The molecule has 0 radical (unpaired) electrons. The molecule has 2 aliphatic rings. The van der Waals surface area contributed by atoms with Crippen LogP contribution in [0.5, 0.6) is 0 Å². The lowest BCUT2D eigenvalue weighted by atomic mass is 9.74. The van der Waals surface area contributed by atoms with Crippen molar-refractivity contribution in [2.75, 3.05) is 7.05 Å². The third kappa shape index (κ3) is 2.16. The molecule has 2 heterocycles. The Morgan fingerprint density at radius 2 is 2.00 bits per heavy atom. The minimum atomic E-state index is -0.558. The molecule has 2 saturated heterocycles. The van der Waals surface area contributed by atoms with Gasteiger partial charge in [-0.1, -0.05) is 6.42 Å². The van der Waals surface area contributed by atoms with E-state index in [0.29, 0.717) is 24.9 Å². The molecule has 0 aromatic rings. The van der Waals surface area contributed by atoms with E-state index in [4.69, 9.17) is 5.26 Å². The molecule has 3 heteroatoms. The van der Waals surface area contributed by atoms with Crippen LogP contribution in [0.2, 0.25) is 0 Å². The largest absolute Gasteiger partial charge is 0.390 e. The zero-order valence-electron chi connectivity index (χ0n) is 9.45. The summed E-state index contributed by atoms with van der Waals surface area (Å²) in [5.41, 5.74) is -0.558. The summed E-state index contributed by atoms with van der Waals surface area (Å²) >= 11 is 0. The van der Waals surface area contributed by atoms with E-state index in [1.807, 2.05) is 0 Å². The number of piperidine rings is 2. The molecule has 0 saturated carbocycles. The average molecular weight is 208 g/mol. The van der Waals surface area contributed by atoms with Gasteiger partial charge in [0.2, 0.25) is 0 Å². The Kier molecular flexibility index (Phi) is 2.99. The van der Waals surface area contributed by atoms with Crippen molar-refractivity contribution in [2.45, 2.75) is 62.6 Å². The number of aliphatic hydroxyl groups is 1. The van der Waals surface area contributed by atoms with Gasteiger partial charge in [-0.05, 0) is 39.2 Å². The predicted molar refractivity (Wildman–Crippen MR) is 58.2 cm³/mol. The van der Waals surface area contributed by atoms with E-state index in [2.05, 4.69) is 18.0 Å². The van der Waals surface area contributed by atoms with Gasteiger partial charge in [0.25, 0.3) is 0 Å². The summed E-state index contributed by atoms with van der Waals surface area (Å²) < 4.78 is 0. The zero-order chi connectivity index (χ0) is 10.9. The molecule has 2 bridgehead atoms. The maximum absolute atomic E-state index is 10.4. The zero-order valence-corrected chi connectivity index (χ0v) is 9.45. The van der Waals surface area contributed by atoms with E-state index in [-0.39, 0.29) is 0 Å². The standard InChI is InChI=1S/C12H20N2O/c1-14-10-4-2-5-11(14)9-12(15,8-10)6-3-7-13/h10-11,15H,2-6,8-9H2,1H3. The van der Waals surface area contributed by atoms with Gasteiger partial charge in [-0.2, -0.15) is 5.26 Å². The molecule has 15 heavy (non-hydrogen) atoms. The third-order valence-corrected chi connectivity index (χ3v) is 4.16. The molecule has 3 nitrogen and oxygen atoms in total. The highest BCUT2D eigenvalue weighted by atomic mass is 16.3. The van der Waals surface area contributed by atoms with Gasteiger partial charge in [0.05, 0.1) is 11.7 Å². The molecule has 2 fully saturated rings. The lowest BCUT2D eigenvalue weighted by Crippen LogP contribution is -2.56. The quantitative estimate of drug-likeness (QED) is 0.751. The SMILES string of the molecule is CN1C2CCCC1CC(O)(CCC#N)C2. The van der Waals surface area contributed by atoms with Gasteiger partial charge in [0, 0.05) is 18.5 Å². The Balaban J connectivity index is 2.03. The fourth-order valence-electron chi connectivity index (χ4n) is 3.24. The molecular formula is C12H20N2O. The summed E-state index contributed by atoms with van der Waals surface area (Å²) in [6.07, 6.45) is 6.59. The lowest BCUT2D eigenvalue weighted by molar-refractivity contribution is -0.0860. The van der Waals surface area contributed by atoms with Gasteiger partial charge >= 0.3 is 0 Å². The fourth-order valence-corrected chi connectivity index (χ4v) is 3.24. The van der Waals surface area contributed by atoms with Crippen LogP contribution in [-0.2, 0) is 0 Å². The van der Waals surface area contributed by atoms with Crippen molar-refractivity contribution in [3.05, 3.63) is 0 Å². The maximum Gasteiger partial charge on any atom is 0.0687 e. The van der Waals surface area contributed by atoms with E-state index >= 15 is 0 Å². The van der Waals surface area contributed by atoms with E-state index in [1.165, 1.54) is 19.3 Å². The van der Waals surface area contributed by atoms with Crippen molar-refractivity contribution in [1.29, 1.82) is 5.26 Å². The van der Waals surface area contributed by atoms with Crippen LogP contribution in [0.1, 0.15) is 44.9 Å². The highest BCUT2D eigenvalue weighted by molar-refractivity contribution is 4.99. The summed E-state index contributed by atoms with van der Waals surface area (Å²) in [6, 6.07) is 3.23. The summed E-state index contributed by atoms with van der Waals surface area (Å²) in [5, 5.41) is 19.0. The molecule has 2 rings (SSSR count). The second-order valence-electron chi connectivity index (χ2n) is 5.19. The molecule has 0 spiro atoms. The minimum Gasteiger partial charge on any atom is -0.390 e. The number of nitriles is 1. The van der Waals surface area contributed by atoms with Gasteiger partial charge in [0.15, 0.2) is 0 Å². The Labute approximate surface area is 91.7 Å². The Hall–Kier alpha value is -0.590. The lowest BCUT2D eigenvalue weighted by Gasteiger charge is -2.50. The first-order valence-corrected chi connectivity index (χ1v) is 5.96. The fraction of sp³-hybridized carbons (Fsp3) is 0.917. The van der Waals surface area contributed by atoms with Crippen molar-refractivity contribution < 1.29 is 5.11 Å². The first kappa shape index (κ1) is 10.9. The van der Waals surface area contributed by atoms with Crippen molar-refractivity contribution in [2.24, 2.45) is 0 Å². The van der Waals surface area contributed by atoms with Crippen LogP contribution >= 0.6 is 0 Å². The number of rotatable bonds is 2. The molecule has 0 aromatic heterocycles. The van der Waals surface area contributed by atoms with Gasteiger partial charge in [-0.15, -0.1) is 0 Å². The molecular weight excluding hydrogens is 188 g/mol. The van der Waals surface area contributed by atoms with Crippen LogP contribution in [0.25, 0.3) is 0 Å². The number of hydrogen-bond acceptors (Lipinski definition) is 3. The third-order valence-electron chi connectivity index (χ3n) is 4.16. The molecule has 0 aliphatic carbocycles. The second-order valence-corrected chi connectivity index (χ2v) is 5.19. The van der Waals surface area contributed by atoms with Crippen LogP contribution in [0.3, 0.4) is 0 Å². The maximum atomic E-state index is 10.4. The highest BCUT2D eigenvalue weighted by Crippen LogP contribution is 2.40. The normalized spacial score (nSPS) is 41.1. The molecule has 2 unspecified atom stereocenters.